The molecule has 0 bridgehead atoms. The van der Waals surface area contributed by atoms with E-state index in [1.165, 1.54) is 28.5 Å². The summed E-state index contributed by atoms with van der Waals surface area (Å²) in [5.74, 6) is -0.516. The molecule has 28 heavy (non-hydrogen) atoms. The molecule has 3 aromatic rings. The van der Waals surface area contributed by atoms with Crippen LogP contribution in [0.15, 0.2) is 72.9 Å². The van der Waals surface area contributed by atoms with Crippen molar-refractivity contribution in [2.45, 2.75) is 5.92 Å². The summed E-state index contributed by atoms with van der Waals surface area (Å²) in [4.78, 5) is 15.6. The van der Waals surface area contributed by atoms with Crippen molar-refractivity contribution in [2.24, 2.45) is 0 Å². The van der Waals surface area contributed by atoms with Gasteiger partial charge in [0.25, 0.3) is 0 Å². The Morgan fingerprint density at radius 2 is 1.71 bits per heavy atom. The highest BCUT2D eigenvalue weighted by molar-refractivity contribution is 5.79. The Labute approximate surface area is 162 Å². The summed E-state index contributed by atoms with van der Waals surface area (Å²) in [6.45, 7) is 0.506. The first-order chi connectivity index (χ1) is 13.7. The van der Waals surface area contributed by atoms with Crippen LogP contribution in [0.1, 0.15) is 22.6 Å². The van der Waals surface area contributed by atoms with Gasteiger partial charge in [-0.25, -0.2) is 9.78 Å². The maximum absolute atomic E-state index is 13.4. The van der Waals surface area contributed by atoms with Gasteiger partial charge in [-0.3, -0.25) is 0 Å². The minimum atomic E-state index is -0.542. The van der Waals surface area contributed by atoms with Crippen LogP contribution in [-0.2, 0) is 4.74 Å². The van der Waals surface area contributed by atoms with E-state index in [1.54, 1.807) is 24.3 Å². The fourth-order valence-corrected chi connectivity index (χ4v) is 3.50. The number of amides is 1. The van der Waals surface area contributed by atoms with Crippen LogP contribution in [0.25, 0.3) is 17.2 Å². The Kier molecular flexibility index (Phi) is 5.15. The minimum Gasteiger partial charge on any atom is -0.449 e. The average Bonchev–Trinajstić information content (AvgIpc) is 3.05. The van der Waals surface area contributed by atoms with Gasteiger partial charge in [-0.05, 0) is 34.4 Å². The predicted molar refractivity (Wildman–Crippen MR) is 106 cm³/mol. The van der Waals surface area contributed by atoms with E-state index in [2.05, 4.69) is 34.6 Å². The van der Waals surface area contributed by atoms with Gasteiger partial charge in [0, 0.05) is 24.2 Å². The SMILES string of the molecule is O=C(NCC=Cc1cccnc1F)OCC1c2ccccc2-c2ccccc21. The lowest BCUT2D eigenvalue weighted by atomic mass is 9.98. The number of carbonyl (C=O) groups excluding carboxylic acids is 1. The van der Waals surface area contributed by atoms with Gasteiger partial charge in [-0.1, -0.05) is 60.7 Å². The van der Waals surface area contributed by atoms with E-state index in [1.807, 2.05) is 24.3 Å². The zero-order valence-corrected chi connectivity index (χ0v) is 15.1. The largest absolute Gasteiger partial charge is 0.449 e. The summed E-state index contributed by atoms with van der Waals surface area (Å²) in [6, 6.07) is 19.6. The fraction of sp³-hybridized carbons (Fsp3) is 0.130. The maximum Gasteiger partial charge on any atom is 0.407 e. The predicted octanol–water partition coefficient (Wildman–Crippen LogP) is 4.77. The maximum atomic E-state index is 13.4. The molecule has 0 radical (unpaired) electrons. The Morgan fingerprint density at radius 1 is 1.04 bits per heavy atom. The van der Waals surface area contributed by atoms with Crippen LogP contribution >= 0.6 is 0 Å². The lowest BCUT2D eigenvalue weighted by Gasteiger charge is -2.14. The normalized spacial score (nSPS) is 12.6. The van der Waals surface area contributed by atoms with Gasteiger partial charge < -0.3 is 10.1 Å². The molecule has 0 saturated carbocycles. The first-order valence-electron chi connectivity index (χ1n) is 9.10. The van der Waals surface area contributed by atoms with Crippen LogP contribution in [-0.4, -0.2) is 24.2 Å². The number of alkyl carbamates (subject to hydrolysis) is 1. The second kappa shape index (κ2) is 8.05. The summed E-state index contributed by atoms with van der Waals surface area (Å²) >= 11 is 0. The average molecular weight is 374 g/mol. The molecular weight excluding hydrogens is 355 g/mol. The van der Waals surface area contributed by atoms with Crippen LogP contribution in [0.2, 0.25) is 0 Å². The molecule has 1 heterocycles. The monoisotopic (exact) mass is 374 g/mol. The lowest BCUT2D eigenvalue weighted by Crippen LogP contribution is -2.26. The number of aromatic nitrogens is 1. The molecule has 1 aliphatic carbocycles. The van der Waals surface area contributed by atoms with Gasteiger partial charge in [0.05, 0.1) is 0 Å². The van der Waals surface area contributed by atoms with E-state index >= 15 is 0 Å². The molecule has 0 unspecified atom stereocenters. The van der Waals surface area contributed by atoms with Crippen LogP contribution in [0.5, 0.6) is 0 Å². The molecule has 140 valence electrons. The molecule has 5 heteroatoms. The Balaban J connectivity index is 1.35. The number of benzene rings is 2. The number of halogens is 1. The standard InChI is InChI=1S/C23H19FN2O2/c24-22-16(7-5-13-25-22)8-6-14-26-23(27)28-15-21-19-11-3-1-9-17(19)18-10-2-4-12-20(18)21/h1-13,21H,14-15H2,(H,26,27). The van der Waals surface area contributed by atoms with Gasteiger partial charge in [0.2, 0.25) is 5.95 Å². The number of nitrogens with zero attached hydrogens (tertiary/aromatic N) is 1. The summed E-state index contributed by atoms with van der Waals surface area (Å²) in [5, 5.41) is 2.65. The molecule has 4 nitrogen and oxygen atoms in total. The molecule has 1 N–H and O–H groups in total. The Hall–Kier alpha value is -3.47. The number of pyridine rings is 1. The number of rotatable bonds is 5. The third kappa shape index (κ3) is 3.64. The molecule has 0 saturated heterocycles. The number of hydrogen-bond acceptors (Lipinski definition) is 3. The van der Waals surface area contributed by atoms with Gasteiger partial charge in [-0.15, -0.1) is 0 Å². The highest BCUT2D eigenvalue weighted by Gasteiger charge is 2.28. The molecule has 1 aromatic heterocycles. The molecule has 0 atom stereocenters. The topological polar surface area (TPSA) is 51.2 Å². The second-order valence-corrected chi connectivity index (χ2v) is 6.49. The lowest BCUT2D eigenvalue weighted by molar-refractivity contribution is 0.144. The molecule has 4 rings (SSSR count). The smallest absolute Gasteiger partial charge is 0.407 e. The first-order valence-corrected chi connectivity index (χ1v) is 9.10. The Bertz CT molecular complexity index is 987. The van der Waals surface area contributed by atoms with E-state index in [-0.39, 0.29) is 19.1 Å². The van der Waals surface area contributed by atoms with Crippen LogP contribution in [0.4, 0.5) is 9.18 Å². The number of hydrogen-bond donors (Lipinski definition) is 1. The van der Waals surface area contributed by atoms with Crippen LogP contribution < -0.4 is 5.32 Å². The van der Waals surface area contributed by atoms with Crippen molar-refractivity contribution < 1.29 is 13.9 Å². The summed E-state index contributed by atoms with van der Waals surface area (Å²) in [5.41, 5.74) is 5.09. The van der Waals surface area contributed by atoms with Crippen molar-refractivity contribution in [3.63, 3.8) is 0 Å². The van der Waals surface area contributed by atoms with Gasteiger partial charge in [0.15, 0.2) is 0 Å². The number of carbonyl (C=O) groups is 1. The zero-order chi connectivity index (χ0) is 19.3. The summed E-state index contributed by atoms with van der Waals surface area (Å²) < 4.78 is 18.9. The Morgan fingerprint density at radius 3 is 2.39 bits per heavy atom. The molecule has 1 aliphatic rings. The highest BCUT2D eigenvalue weighted by Crippen LogP contribution is 2.44. The minimum absolute atomic E-state index is 0.0261. The van der Waals surface area contributed by atoms with Gasteiger partial charge in [0.1, 0.15) is 6.61 Å². The van der Waals surface area contributed by atoms with E-state index in [9.17, 15) is 9.18 Å². The third-order valence-corrected chi connectivity index (χ3v) is 4.79. The molecule has 0 aliphatic heterocycles. The van der Waals surface area contributed by atoms with Crippen molar-refractivity contribution in [2.75, 3.05) is 13.2 Å². The van der Waals surface area contributed by atoms with Crippen molar-refractivity contribution in [1.82, 2.24) is 10.3 Å². The number of ether oxygens (including phenoxy) is 1. The second-order valence-electron chi connectivity index (χ2n) is 6.49. The van der Waals surface area contributed by atoms with E-state index < -0.39 is 12.0 Å². The molecule has 1 amide bonds. The van der Waals surface area contributed by atoms with Crippen LogP contribution in [0, 0.1) is 5.95 Å². The van der Waals surface area contributed by atoms with Crippen molar-refractivity contribution >= 4 is 12.2 Å². The van der Waals surface area contributed by atoms with Crippen molar-refractivity contribution in [3.8, 4) is 11.1 Å². The summed E-state index contributed by atoms with van der Waals surface area (Å²) in [6.07, 6.45) is 4.12. The number of fused-ring (bicyclic) bond motifs is 3. The third-order valence-electron chi connectivity index (χ3n) is 4.79. The van der Waals surface area contributed by atoms with Crippen molar-refractivity contribution in [3.05, 3.63) is 95.6 Å². The number of nitrogens with one attached hydrogen (secondary N) is 1. The molecule has 2 aromatic carbocycles. The fourth-order valence-electron chi connectivity index (χ4n) is 3.50. The van der Waals surface area contributed by atoms with Crippen LogP contribution in [0.3, 0.4) is 0 Å². The van der Waals surface area contributed by atoms with Gasteiger partial charge in [-0.2, -0.15) is 4.39 Å². The first kappa shape index (κ1) is 17.9. The molecule has 0 fully saturated rings. The summed E-state index contributed by atoms with van der Waals surface area (Å²) in [7, 11) is 0. The molecule has 0 spiro atoms. The van der Waals surface area contributed by atoms with E-state index in [0.717, 1.165) is 0 Å². The quantitative estimate of drug-likeness (QED) is 0.655. The van der Waals surface area contributed by atoms with Gasteiger partial charge >= 0.3 is 6.09 Å². The van der Waals surface area contributed by atoms with E-state index in [4.69, 9.17) is 4.74 Å². The zero-order valence-electron chi connectivity index (χ0n) is 15.1. The van der Waals surface area contributed by atoms with Crippen molar-refractivity contribution in [1.29, 1.82) is 0 Å². The highest BCUT2D eigenvalue weighted by atomic mass is 19.1. The van der Waals surface area contributed by atoms with E-state index in [0.29, 0.717) is 5.56 Å². The molecular formula is C23H19FN2O2.